The molecule has 0 fully saturated rings. The van der Waals surface area contributed by atoms with E-state index in [1.165, 1.54) is 5.56 Å². The first kappa shape index (κ1) is 14.3. The van der Waals surface area contributed by atoms with E-state index in [0.29, 0.717) is 25.3 Å². The Morgan fingerprint density at radius 2 is 1.90 bits per heavy atom. The Morgan fingerprint density at radius 1 is 1.15 bits per heavy atom. The molecule has 4 nitrogen and oxygen atoms in total. The molecule has 0 atom stereocenters. The number of benzene rings is 1. The predicted octanol–water partition coefficient (Wildman–Crippen LogP) is 1.67. The maximum atomic E-state index is 12.5. The molecule has 1 heterocycles. The number of nitrogens with two attached hydrogens (primary N) is 1. The highest BCUT2D eigenvalue weighted by atomic mass is 16.2. The van der Waals surface area contributed by atoms with Gasteiger partial charge in [-0.2, -0.15) is 0 Å². The van der Waals surface area contributed by atoms with E-state index in [0.717, 1.165) is 6.42 Å². The van der Waals surface area contributed by atoms with Gasteiger partial charge in [-0.25, -0.2) is 0 Å². The van der Waals surface area contributed by atoms with E-state index < -0.39 is 0 Å². The van der Waals surface area contributed by atoms with Crippen LogP contribution in [-0.4, -0.2) is 35.0 Å². The van der Waals surface area contributed by atoms with Crippen molar-refractivity contribution < 1.29 is 4.79 Å². The molecule has 0 saturated heterocycles. The summed E-state index contributed by atoms with van der Waals surface area (Å²) >= 11 is 0. The Labute approximate surface area is 119 Å². The summed E-state index contributed by atoms with van der Waals surface area (Å²) in [7, 11) is 1.88. The fraction of sp³-hybridized carbons (Fsp3) is 0.312. The molecule has 20 heavy (non-hydrogen) atoms. The van der Waals surface area contributed by atoms with Crippen LogP contribution in [0.3, 0.4) is 0 Å². The van der Waals surface area contributed by atoms with E-state index >= 15 is 0 Å². The third kappa shape index (κ3) is 3.48. The molecule has 0 aliphatic carbocycles. The molecule has 0 unspecified atom stereocenters. The average Bonchev–Trinajstić information content (AvgIpc) is 2.90. The van der Waals surface area contributed by atoms with Crippen LogP contribution < -0.4 is 5.73 Å². The molecule has 4 heteroatoms. The minimum atomic E-state index is 0.0406. The topological polar surface area (TPSA) is 51.3 Å². The number of nitrogens with zero attached hydrogens (tertiary/aromatic N) is 2. The Morgan fingerprint density at radius 3 is 2.50 bits per heavy atom. The van der Waals surface area contributed by atoms with E-state index in [9.17, 15) is 4.79 Å². The zero-order chi connectivity index (χ0) is 14.4. The van der Waals surface area contributed by atoms with Gasteiger partial charge in [0.15, 0.2) is 0 Å². The maximum absolute atomic E-state index is 12.5. The second-order valence-corrected chi connectivity index (χ2v) is 4.82. The number of aromatic nitrogens is 1. The molecule has 1 aromatic carbocycles. The van der Waals surface area contributed by atoms with Crippen molar-refractivity contribution in [2.45, 2.75) is 6.42 Å². The fourth-order valence-electron chi connectivity index (χ4n) is 2.22. The Balaban J connectivity index is 2.03. The van der Waals surface area contributed by atoms with Crippen LogP contribution in [0.5, 0.6) is 0 Å². The molecule has 0 bridgehead atoms. The summed E-state index contributed by atoms with van der Waals surface area (Å²) in [5, 5.41) is 0. The molecule has 0 saturated carbocycles. The number of aryl methyl sites for hydroxylation is 1. The van der Waals surface area contributed by atoms with Crippen molar-refractivity contribution in [2.24, 2.45) is 12.8 Å². The van der Waals surface area contributed by atoms with Gasteiger partial charge < -0.3 is 15.2 Å². The third-order valence-electron chi connectivity index (χ3n) is 3.36. The Bertz CT molecular complexity index is 548. The summed E-state index contributed by atoms with van der Waals surface area (Å²) in [6, 6.07) is 13.9. The molecule has 1 amide bonds. The molecular weight excluding hydrogens is 250 g/mol. The minimum absolute atomic E-state index is 0.0406. The summed E-state index contributed by atoms with van der Waals surface area (Å²) in [6.07, 6.45) is 2.72. The summed E-state index contributed by atoms with van der Waals surface area (Å²) in [5.41, 5.74) is 7.56. The molecule has 0 aliphatic heterocycles. The van der Waals surface area contributed by atoms with Crippen molar-refractivity contribution in [2.75, 3.05) is 19.6 Å². The SMILES string of the molecule is Cn1cccc1C(=O)N(CCN)CCc1ccccc1. The molecule has 0 radical (unpaired) electrons. The minimum Gasteiger partial charge on any atom is -0.347 e. The molecular formula is C16H21N3O. The van der Waals surface area contributed by atoms with Crippen LogP contribution in [0.25, 0.3) is 0 Å². The molecule has 106 valence electrons. The lowest BCUT2D eigenvalue weighted by Crippen LogP contribution is -2.37. The molecule has 1 aromatic heterocycles. The zero-order valence-electron chi connectivity index (χ0n) is 11.8. The first-order valence-electron chi connectivity index (χ1n) is 6.87. The quantitative estimate of drug-likeness (QED) is 0.869. The van der Waals surface area contributed by atoms with E-state index in [1.54, 1.807) is 0 Å². The summed E-state index contributed by atoms with van der Waals surface area (Å²) in [5.74, 6) is 0.0406. The van der Waals surface area contributed by atoms with Crippen LogP contribution in [0.15, 0.2) is 48.7 Å². The normalized spacial score (nSPS) is 10.5. The summed E-state index contributed by atoms with van der Waals surface area (Å²) < 4.78 is 1.84. The smallest absolute Gasteiger partial charge is 0.270 e. The van der Waals surface area contributed by atoms with Crippen LogP contribution in [0.4, 0.5) is 0 Å². The predicted molar refractivity (Wildman–Crippen MR) is 80.5 cm³/mol. The van der Waals surface area contributed by atoms with Crippen molar-refractivity contribution in [1.29, 1.82) is 0 Å². The van der Waals surface area contributed by atoms with Crippen LogP contribution >= 0.6 is 0 Å². The summed E-state index contributed by atoms with van der Waals surface area (Å²) in [4.78, 5) is 14.3. The molecule has 2 N–H and O–H groups in total. The number of hydrogen-bond donors (Lipinski definition) is 1. The zero-order valence-corrected chi connectivity index (χ0v) is 11.8. The van der Waals surface area contributed by atoms with Gasteiger partial charge in [-0.1, -0.05) is 30.3 Å². The Hall–Kier alpha value is -2.07. The van der Waals surface area contributed by atoms with Crippen molar-refractivity contribution in [3.8, 4) is 0 Å². The van der Waals surface area contributed by atoms with Gasteiger partial charge in [0.25, 0.3) is 5.91 Å². The highest BCUT2D eigenvalue weighted by Gasteiger charge is 2.17. The molecule has 0 spiro atoms. The van der Waals surface area contributed by atoms with E-state index in [1.807, 2.05) is 53.0 Å². The fourth-order valence-corrected chi connectivity index (χ4v) is 2.22. The second kappa shape index (κ2) is 6.91. The van der Waals surface area contributed by atoms with Crippen molar-refractivity contribution >= 4 is 5.91 Å². The number of carbonyl (C=O) groups excluding carboxylic acids is 1. The highest BCUT2D eigenvalue weighted by molar-refractivity contribution is 5.92. The lowest BCUT2D eigenvalue weighted by atomic mass is 10.1. The van der Waals surface area contributed by atoms with Crippen LogP contribution in [0.1, 0.15) is 16.1 Å². The number of rotatable bonds is 6. The molecule has 2 aromatic rings. The second-order valence-electron chi connectivity index (χ2n) is 4.82. The number of hydrogen-bond acceptors (Lipinski definition) is 2. The number of amides is 1. The van der Waals surface area contributed by atoms with Gasteiger partial charge in [-0.15, -0.1) is 0 Å². The van der Waals surface area contributed by atoms with Gasteiger partial charge in [0, 0.05) is 32.9 Å². The first-order chi connectivity index (χ1) is 9.72. The van der Waals surface area contributed by atoms with Crippen LogP contribution in [0, 0.1) is 0 Å². The van der Waals surface area contributed by atoms with E-state index in [4.69, 9.17) is 5.73 Å². The standard InChI is InChI=1S/C16H21N3O/c1-18-11-5-8-15(18)16(20)19(13-10-17)12-9-14-6-3-2-4-7-14/h2-8,11H,9-10,12-13,17H2,1H3. The maximum Gasteiger partial charge on any atom is 0.270 e. The third-order valence-corrected chi connectivity index (χ3v) is 3.36. The van der Waals surface area contributed by atoms with Crippen molar-refractivity contribution in [3.63, 3.8) is 0 Å². The Kier molecular flexibility index (Phi) is 4.96. The van der Waals surface area contributed by atoms with Gasteiger partial charge in [0.05, 0.1) is 0 Å². The average molecular weight is 271 g/mol. The van der Waals surface area contributed by atoms with Gasteiger partial charge in [0.2, 0.25) is 0 Å². The van der Waals surface area contributed by atoms with E-state index in [2.05, 4.69) is 12.1 Å². The first-order valence-corrected chi connectivity index (χ1v) is 6.87. The highest BCUT2D eigenvalue weighted by Crippen LogP contribution is 2.07. The van der Waals surface area contributed by atoms with Crippen LogP contribution in [-0.2, 0) is 13.5 Å². The van der Waals surface area contributed by atoms with Crippen molar-refractivity contribution in [3.05, 3.63) is 59.9 Å². The van der Waals surface area contributed by atoms with E-state index in [-0.39, 0.29) is 5.91 Å². The van der Waals surface area contributed by atoms with Gasteiger partial charge >= 0.3 is 0 Å². The monoisotopic (exact) mass is 271 g/mol. The van der Waals surface area contributed by atoms with Crippen LogP contribution in [0.2, 0.25) is 0 Å². The van der Waals surface area contributed by atoms with Crippen molar-refractivity contribution in [1.82, 2.24) is 9.47 Å². The van der Waals surface area contributed by atoms with Gasteiger partial charge in [-0.05, 0) is 24.1 Å². The number of carbonyl (C=O) groups is 1. The lowest BCUT2D eigenvalue weighted by molar-refractivity contribution is 0.0752. The molecule has 0 aliphatic rings. The summed E-state index contributed by atoms with van der Waals surface area (Å²) in [6.45, 7) is 1.74. The lowest BCUT2D eigenvalue weighted by Gasteiger charge is -2.22. The van der Waals surface area contributed by atoms with Gasteiger partial charge in [-0.3, -0.25) is 4.79 Å². The largest absolute Gasteiger partial charge is 0.347 e. The van der Waals surface area contributed by atoms with Gasteiger partial charge in [0.1, 0.15) is 5.69 Å². The molecule has 2 rings (SSSR count).